The van der Waals surface area contributed by atoms with Crippen molar-refractivity contribution in [1.29, 1.82) is 0 Å². The second-order valence-corrected chi connectivity index (χ2v) is 5.93. The van der Waals surface area contributed by atoms with Crippen LogP contribution < -0.4 is 10.1 Å². The number of hydrogen-bond donors (Lipinski definition) is 1. The number of amides is 2. The van der Waals surface area contributed by atoms with Crippen LogP contribution in [0.1, 0.15) is 5.56 Å². The molecule has 0 aromatic heterocycles. The molecular formula is C16H10ClNO3S. The predicted molar refractivity (Wildman–Crippen MR) is 87.1 cm³/mol. The van der Waals surface area contributed by atoms with E-state index < -0.39 is 0 Å². The standard InChI is InChI=1S/C16H10ClNO3S/c17-11-4-6-12(7-5-11)21-13-3-1-2-10(8-13)9-14-15(19)18-16(20)22-14/h1-9H,(H,18,19,20)/b14-9+. The summed E-state index contributed by atoms with van der Waals surface area (Å²) in [6, 6.07) is 14.3. The van der Waals surface area contributed by atoms with Gasteiger partial charge in [0.05, 0.1) is 4.91 Å². The van der Waals surface area contributed by atoms with Crippen LogP contribution in [0, 0.1) is 0 Å². The zero-order valence-electron chi connectivity index (χ0n) is 11.2. The molecule has 1 N–H and O–H groups in total. The lowest BCUT2D eigenvalue weighted by Crippen LogP contribution is -2.17. The first-order valence-corrected chi connectivity index (χ1v) is 7.58. The highest BCUT2D eigenvalue weighted by atomic mass is 35.5. The monoisotopic (exact) mass is 331 g/mol. The first-order chi connectivity index (χ1) is 10.6. The number of halogens is 1. The van der Waals surface area contributed by atoms with Crippen LogP contribution in [0.25, 0.3) is 6.08 Å². The summed E-state index contributed by atoms with van der Waals surface area (Å²) in [5, 5.41) is 2.50. The Morgan fingerprint density at radius 3 is 2.50 bits per heavy atom. The van der Waals surface area contributed by atoms with Gasteiger partial charge >= 0.3 is 0 Å². The molecule has 22 heavy (non-hydrogen) atoms. The Morgan fingerprint density at radius 1 is 1.05 bits per heavy atom. The van der Waals surface area contributed by atoms with Crippen LogP contribution in [0.5, 0.6) is 11.5 Å². The van der Waals surface area contributed by atoms with Gasteiger partial charge in [0.25, 0.3) is 11.1 Å². The maximum Gasteiger partial charge on any atom is 0.290 e. The number of benzene rings is 2. The summed E-state index contributed by atoms with van der Waals surface area (Å²) >= 11 is 6.72. The number of ether oxygens (including phenoxy) is 1. The molecule has 2 amide bonds. The molecule has 1 saturated heterocycles. The molecule has 4 nitrogen and oxygen atoms in total. The average Bonchev–Trinajstić information content (AvgIpc) is 2.80. The molecule has 1 heterocycles. The van der Waals surface area contributed by atoms with Crippen molar-refractivity contribution in [3.05, 3.63) is 64.0 Å². The minimum absolute atomic E-state index is 0.357. The minimum Gasteiger partial charge on any atom is -0.457 e. The lowest BCUT2D eigenvalue weighted by atomic mass is 10.2. The largest absolute Gasteiger partial charge is 0.457 e. The smallest absolute Gasteiger partial charge is 0.290 e. The van der Waals surface area contributed by atoms with Gasteiger partial charge in [0.2, 0.25) is 0 Å². The fourth-order valence-electron chi connectivity index (χ4n) is 1.88. The van der Waals surface area contributed by atoms with E-state index in [2.05, 4.69) is 5.32 Å². The van der Waals surface area contributed by atoms with Crippen LogP contribution in [0.3, 0.4) is 0 Å². The molecule has 2 aromatic rings. The van der Waals surface area contributed by atoms with Crippen LogP contribution in [0.2, 0.25) is 5.02 Å². The summed E-state index contributed by atoms with van der Waals surface area (Å²) in [5.74, 6) is 0.919. The molecule has 6 heteroatoms. The van der Waals surface area contributed by atoms with Gasteiger partial charge in [0.1, 0.15) is 11.5 Å². The van der Waals surface area contributed by atoms with Crippen molar-refractivity contribution in [2.75, 3.05) is 0 Å². The van der Waals surface area contributed by atoms with E-state index in [0.717, 1.165) is 17.3 Å². The second-order valence-electron chi connectivity index (χ2n) is 4.48. The quantitative estimate of drug-likeness (QED) is 0.844. The van der Waals surface area contributed by atoms with E-state index >= 15 is 0 Å². The van der Waals surface area contributed by atoms with E-state index in [1.165, 1.54) is 0 Å². The van der Waals surface area contributed by atoms with E-state index in [1.807, 2.05) is 18.2 Å². The number of carbonyl (C=O) groups excluding carboxylic acids is 2. The van der Waals surface area contributed by atoms with E-state index in [-0.39, 0.29) is 11.1 Å². The van der Waals surface area contributed by atoms with E-state index in [0.29, 0.717) is 21.4 Å². The predicted octanol–water partition coefficient (Wildman–Crippen LogP) is 4.46. The zero-order chi connectivity index (χ0) is 15.5. The normalized spacial score (nSPS) is 16.0. The molecule has 1 aliphatic heterocycles. The molecule has 0 bridgehead atoms. The number of thioether (sulfide) groups is 1. The molecule has 0 spiro atoms. The first-order valence-electron chi connectivity index (χ1n) is 6.38. The van der Waals surface area contributed by atoms with Crippen LogP contribution in [0.4, 0.5) is 4.79 Å². The summed E-state index contributed by atoms with van der Waals surface area (Å²) in [7, 11) is 0. The van der Waals surface area contributed by atoms with Crippen molar-refractivity contribution in [3.63, 3.8) is 0 Å². The molecule has 1 fully saturated rings. The summed E-state index contributed by atoms with van der Waals surface area (Å²) in [5.41, 5.74) is 0.777. The molecule has 0 radical (unpaired) electrons. The molecule has 0 unspecified atom stereocenters. The molecule has 1 aliphatic rings. The van der Waals surface area contributed by atoms with Crippen LogP contribution in [-0.2, 0) is 4.79 Å². The van der Waals surface area contributed by atoms with Crippen LogP contribution >= 0.6 is 23.4 Å². The highest BCUT2D eigenvalue weighted by molar-refractivity contribution is 8.18. The van der Waals surface area contributed by atoms with Crippen molar-refractivity contribution < 1.29 is 14.3 Å². The van der Waals surface area contributed by atoms with Crippen molar-refractivity contribution in [2.24, 2.45) is 0 Å². The Morgan fingerprint density at radius 2 is 1.82 bits per heavy atom. The number of carbonyl (C=O) groups is 2. The number of rotatable bonds is 3. The van der Waals surface area contributed by atoms with Gasteiger partial charge in [0, 0.05) is 5.02 Å². The molecule has 0 aliphatic carbocycles. The van der Waals surface area contributed by atoms with E-state index in [1.54, 1.807) is 36.4 Å². The number of imide groups is 1. The van der Waals surface area contributed by atoms with Gasteiger partial charge in [-0.2, -0.15) is 0 Å². The molecule has 0 atom stereocenters. The Balaban J connectivity index is 1.81. The van der Waals surface area contributed by atoms with Crippen LogP contribution in [-0.4, -0.2) is 11.1 Å². The third-order valence-corrected chi connectivity index (χ3v) is 3.91. The summed E-state index contributed by atoms with van der Waals surface area (Å²) in [4.78, 5) is 23.0. The highest BCUT2D eigenvalue weighted by Crippen LogP contribution is 2.28. The molecule has 0 saturated carbocycles. The fraction of sp³-hybridized carbons (Fsp3) is 0. The summed E-state index contributed by atoms with van der Waals surface area (Å²) in [6.45, 7) is 0. The highest BCUT2D eigenvalue weighted by Gasteiger charge is 2.24. The van der Waals surface area contributed by atoms with Gasteiger partial charge in [-0.15, -0.1) is 0 Å². The number of hydrogen-bond acceptors (Lipinski definition) is 4. The third-order valence-electron chi connectivity index (χ3n) is 2.85. The Kier molecular flexibility index (Phi) is 4.18. The summed E-state index contributed by atoms with van der Waals surface area (Å²) in [6.07, 6.45) is 1.65. The maximum atomic E-state index is 11.5. The van der Waals surface area contributed by atoms with Crippen LogP contribution in [0.15, 0.2) is 53.4 Å². The Labute approximate surface area is 136 Å². The van der Waals surface area contributed by atoms with Gasteiger partial charge in [-0.05, 0) is 59.8 Å². The van der Waals surface area contributed by atoms with E-state index in [9.17, 15) is 9.59 Å². The van der Waals surface area contributed by atoms with Crippen molar-refractivity contribution in [2.45, 2.75) is 0 Å². The lowest BCUT2D eigenvalue weighted by molar-refractivity contribution is -0.115. The van der Waals surface area contributed by atoms with Crippen molar-refractivity contribution >= 4 is 40.6 Å². The SMILES string of the molecule is O=C1NC(=O)/C(=C\c2cccc(Oc3ccc(Cl)cc3)c2)S1. The average molecular weight is 332 g/mol. The maximum absolute atomic E-state index is 11.5. The Hall–Kier alpha value is -2.24. The van der Waals surface area contributed by atoms with Gasteiger partial charge in [-0.25, -0.2) is 0 Å². The van der Waals surface area contributed by atoms with Gasteiger partial charge in [0.15, 0.2) is 0 Å². The van der Waals surface area contributed by atoms with E-state index in [4.69, 9.17) is 16.3 Å². The number of nitrogens with one attached hydrogen (secondary N) is 1. The third kappa shape index (κ3) is 3.50. The van der Waals surface area contributed by atoms with Gasteiger partial charge in [-0.1, -0.05) is 23.7 Å². The van der Waals surface area contributed by atoms with Gasteiger partial charge in [-0.3, -0.25) is 14.9 Å². The fourth-order valence-corrected chi connectivity index (χ4v) is 2.69. The van der Waals surface area contributed by atoms with Crippen molar-refractivity contribution in [3.8, 4) is 11.5 Å². The molecule has 3 rings (SSSR count). The molecular weight excluding hydrogens is 322 g/mol. The zero-order valence-corrected chi connectivity index (χ0v) is 12.8. The summed E-state index contributed by atoms with van der Waals surface area (Å²) < 4.78 is 5.72. The van der Waals surface area contributed by atoms with Crippen molar-refractivity contribution in [1.82, 2.24) is 5.32 Å². The lowest BCUT2D eigenvalue weighted by Gasteiger charge is -2.06. The second kappa shape index (κ2) is 6.25. The van der Waals surface area contributed by atoms with Gasteiger partial charge < -0.3 is 4.74 Å². The Bertz CT molecular complexity index is 771. The first kappa shape index (κ1) is 14.7. The molecule has 2 aromatic carbocycles. The minimum atomic E-state index is -0.376. The topological polar surface area (TPSA) is 55.4 Å². The molecule has 110 valence electrons.